The van der Waals surface area contributed by atoms with E-state index in [1.54, 1.807) is 0 Å². The maximum atomic E-state index is 12.9. The number of rotatable bonds is 2. The summed E-state index contributed by atoms with van der Waals surface area (Å²) in [7, 11) is 0. The largest absolute Gasteiger partial charge is 0.444 e. The quantitative estimate of drug-likeness (QED) is 0.852. The van der Waals surface area contributed by atoms with E-state index in [4.69, 9.17) is 4.74 Å². The predicted octanol–water partition coefficient (Wildman–Crippen LogP) is 3.18. The lowest BCUT2D eigenvalue weighted by molar-refractivity contribution is -0.137. The molecule has 128 valence electrons. The van der Waals surface area contributed by atoms with E-state index in [0.717, 1.165) is 13.0 Å². The second kappa shape index (κ2) is 6.47. The standard InChI is InChI=1S/C17H32N2O3/c1-11-9-10-19(12(11)2)14(20)13(16(3,4)5)18-15(21)22-17(6,7)8/h11-13H,9-10H2,1-8H3,(H,18,21)/t11?,12?,13-/m1/s1. The van der Waals surface area contributed by atoms with Crippen molar-refractivity contribution in [1.29, 1.82) is 0 Å². The van der Waals surface area contributed by atoms with Gasteiger partial charge in [-0.25, -0.2) is 4.79 Å². The van der Waals surface area contributed by atoms with Crippen LogP contribution in [0.3, 0.4) is 0 Å². The topological polar surface area (TPSA) is 58.6 Å². The first-order valence-electron chi connectivity index (χ1n) is 8.13. The van der Waals surface area contributed by atoms with Gasteiger partial charge in [0.25, 0.3) is 0 Å². The normalized spacial score (nSPS) is 24.1. The minimum absolute atomic E-state index is 0.0183. The Balaban J connectivity index is 2.86. The lowest BCUT2D eigenvalue weighted by atomic mass is 9.85. The average molecular weight is 312 g/mol. The number of nitrogens with zero attached hydrogens (tertiary/aromatic N) is 1. The van der Waals surface area contributed by atoms with Gasteiger partial charge < -0.3 is 15.0 Å². The zero-order valence-corrected chi connectivity index (χ0v) is 15.3. The lowest BCUT2D eigenvalue weighted by Crippen LogP contribution is -2.56. The number of hydrogen-bond acceptors (Lipinski definition) is 3. The van der Waals surface area contributed by atoms with E-state index in [0.29, 0.717) is 5.92 Å². The number of amides is 2. The Bertz CT molecular complexity index is 421. The minimum atomic E-state index is -0.588. The number of carbonyl (C=O) groups is 2. The molecule has 5 heteroatoms. The molecule has 1 fully saturated rings. The Kier molecular flexibility index (Phi) is 5.52. The molecule has 0 bridgehead atoms. The molecule has 1 rings (SSSR count). The molecule has 0 spiro atoms. The second-order valence-corrected chi connectivity index (χ2v) is 8.48. The van der Waals surface area contributed by atoms with Crippen molar-refractivity contribution in [2.45, 2.75) is 79.5 Å². The molecule has 2 unspecified atom stereocenters. The number of alkyl carbamates (subject to hydrolysis) is 1. The summed E-state index contributed by atoms with van der Waals surface area (Å²) in [6.07, 6.45) is 0.469. The number of carbonyl (C=O) groups excluding carboxylic acids is 2. The molecule has 2 amide bonds. The Hall–Kier alpha value is -1.26. The third-order valence-corrected chi connectivity index (χ3v) is 4.20. The van der Waals surface area contributed by atoms with Crippen LogP contribution >= 0.6 is 0 Å². The molecule has 0 aromatic rings. The maximum Gasteiger partial charge on any atom is 0.408 e. The molecule has 0 aliphatic carbocycles. The summed E-state index contributed by atoms with van der Waals surface area (Å²) in [5, 5.41) is 2.77. The van der Waals surface area contributed by atoms with E-state index in [-0.39, 0.29) is 17.4 Å². The molecule has 0 saturated carbocycles. The molecule has 3 atom stereocenters. The molecular formula is C17H32N2O3. The van der Waals surface area contributed by atoms with Crippen molar-refractivity contribution >= 4 is 12.0 Å². The highest BCUT2D eigenvalue weighted by Crippen LogP contribution is 2.28. The van der Waals surface area contributed by atoms with Crippen molar-refractivity contribution in [2.75, 3.05) is 6.54 Å². The van der Waals surface area contributed by atoms with Crippen molar-refractivity contribution in [3.8, 4) is 0 Å². The van der Waals surface area contributed by atoms with Crippen molar-refractivity contribution in [1.82, 2.24) is 10.2 Å². The van der Waals surface area contributed by atoms with Crippen LogP contribution in [-0.4, -0.2) is 41.1 Å². The molecule has 0 aromatic carbocycles. The molecule has 0 aromatic heterocycles. The van der Waals surface area contributed by atoms with Gasteiger partial charge in [-0.05, 0) is 45.4 Å². The Labute approximate surface area is 134 Å². The summed E-state index contributed by atoms with van der Waals surface area (Å²) >= 11 is 0. The number of hydrogen-bond donors (Lipinski definition) is 1. The van der Waals surface area contributed by atoms with E-state index in [2.05, 4.69) is 19.2 Å². The van der Waals surface area contributed by atoms with Crippen molar-refractivity contribution < 1.29 is 14.3 Å². The lowest BCUT2D eigenvalue weighted by Gasteiger charge is -2.35. The fraction of sp³-hybridized carbons (Fsp3) is 0.882. The zero-order chi connectivity index (χ0) is 17.3. The average Bonchev–Trinajstić information content (AvgIpc) is 2.63. The van der Waals surface area contributed by atoms with E-state index in [1.807, 2.05) is 46.4 Å². The number of ether oxygens (including phenoxy) is 1. The van der Waals surface area contributed by atoms with Gasteiger partial charge in [0.15, 0.2) is 0 Å². The van der Waals surface area contributed by atoms with Crippen LogP contribution in [-0.2, 0) is 9.53 Å². The highest BCUT2D eigenvalue weighted by Gasteiger charge is 2.40. The Morgan fingerprint density at radius 1 is 1.14 bits per heavy atom. The molecule has 1 aliphatic rings. The van der Waals surface area contributed by atoms with Crippen LogP contribution in [0.1, 0.15) is 61.8 Å². The minimum Gasteiger partial charge on any atom is -0.444 e. The third-order valence-electron chi connectivity index (χ3n) is 4.20. The molecule has 22 heavy (non-hydrogen) atoms. The van der Waals surface area contributed by atoms with Crippen molar-refractivity contribution in [2.24, 2.45) is 11.3 Å². The molecule has 1 aliphatic heterocycles. The van der Waals surface area contributed by atoms with Crippen LogP contribution in [0.5, 0.6) is 0 Å². The van der Waals surface area contributed by atoms with Gasteiger partial charge in [-0.15, -0.1) is 0 Å². The number of likely N-dealkylation sites (tertiary alicyclic amines) is 1. The highest BCUT2D eigenvalue weighted by molar-refractivity contribution is 5.87. The monoisotopic (exact) mass is 312 g/mol. The second-order valence-electron chi connectivity index (χ2n) is 8.48. The van der Waals surface area contributed by atoms with Gasteiger partial charge in [-0.3, -0.25) is 4.79 Å². The van der Waals surface area contributed by atoms with Crippen molar-refractivity contribution in [3.63, 3.8) is 0 Å². The molecular weight excluding hydrogens is 280 g/mol. The van der Waals surface area contributed by atoms with Gasteiger partial charge in [0.1, 0.15) is 11.6 Å². The highest BCUT2D eigenvalue weighted by atomic mass is 16.6. The zero-order valence-electron chi connectivity index (χ0n) is 15.3. The van der Waals surface area contributed by atoms with Gasteiger partial charge in [0, 0.05) is 12.6 Å². The first-order valence-corrected chi connectivity index (χ1v) is 8.13. The first kappa shape index (κ1) is 18.8. The Morgan fingerprint density at radius 2 is 1.68 bits per heavy atom. The van der Waals surface area contributed by atoms with Crippen LogP contribution < -0.4 is 5.32 Å². The molecule has 5 nitrogen and oxygen atoms in total. The smallest absolute Gasteiger partial charge is 0.408 e. The summed E-state index contributed by atoms with van der Waals surface area (Å²) in [6.45, 7) is 16.3. The predicted molar refractivity (Wildman–Crippen MR) is 87.6 cm³/mol. The van der Waals surface area contributed by atoms with Gasteiger partial charge >= 0.3 is 6.09 Å². The fourth-order valence-electron chi connectivity index (χ4n) is 2.65. The van der Waals surface area contributed by atoms with Crippen molar-refractivity contribution in [3.05, 3.63) is 0 Å². The third kappa shape index (κ3) is 4.89. The summed E-state index contributed by atoms with van der Waals surface area (Å²) in [5.41, 5.74) is -0.954. The SMILES string of the molecule is CC1CCN(C(=O)[C@@H](NC(=O)OC(C)(C)C)C(C)(C)C)C1C. The van der Waals surface area contributed by atoms with Crippen LogP contribution in [0.2, 0.25) is 0 Å². The fourth-order valence-corrected chi connectivity index (χ4v) is 2.65. The van der Waals surface area contributed by atoms with Gasteiger partial charge in [-0.2, -0.15) is 0 Å². The summed E-state index contributed by atoms with van der Waals surface area (Å²) in [4.78, 5) is 26.9. The van der Waals surface area contributed by atoms with E-state index >= 15 is 0 Å². The van der Waals surface area contributed by atoms with E-state index in [1.165, 1.54) is 0 Å². The van der Waals surface area contributed by atoms with E-state index < -0.39 is 17.7 Å². The van der Waals surface area contributed by atoms with E-state index in [9.17, 15) is 9.59 Å². The summed E-state index contributed by atoms with van der Waals surface area (Å²) in [5.74, 6) is 0.473. The van der Waals surface area contributed by atoms with Crippen LogP contribution in [0.4, 0.5) is 4.79 Å². The Morgan fingerprint density at radius 3 is 2.05 bits per heavy atom. The maximum absolute atomic E-state index is 12.9. The molecule has 1 saturated heterocycles. The van der Waals surface area contributed by atoms with Crippen LogP contribution in [0.15, 0.2) is 0 Å². The molecule has 1 N–H and O–H groups in total. The van der Waals surface area contributed by atoms with Crippen LogP contribution in [0.25, 0.3) is 0 Å². The van der Waals surface area contributed by atoms with Gasteiger partial charge in [0.2, 0.25) is 5.91 Å². The summed E-state index contributed by atoms with van der Waals surface area (Å²) < 4.78 is 5.30. The number of nitrogens with one attached hydrogen (secondary N) is 1. The van der Waals surface area contributed by atoms with Crippen LogP contribution in [0, 0.1) is 11.3 Å². The van der Waals surface area contributed by atoms with Gasteiger partial charge in [-0.1, -0.05) is 27.7 Å². The molecule has 1 heterocycles. The van der Waals surface area contributed by atoms with Gasteiger partial charge in [0.05, 0.1) is 0 Å². The first-order chi connectivity index (χ1) is 9.83. The molecule has 0 radical (unpaired) electrons. The summed E-state index contributed by atoms with van der Waals surface area (Å²) in [6, 6.07) is -0.382.